The number of aromatic nitrogens is 1. The highest BCUT2D eigenvalue weighted by atomic mass is 35.5. The maximum Gasteiger partial charge on any atom is 0.251 e. The third-order valence-corrected chi connectivity index (χ3v) is 3.87. The van der Waals surface area contributed by atoms with Gasteiger partial charge in [0.25, 0.3) is 5.88 Å². The van der Waals surface area contributed by atoms with Crippen LogP contribution in [0.2, 0.25) is 5.02 Å². The van der Waals surface area contributed by atoms with Gasteiger partial charge < -0.3 is 10.1 Å². The van der Waals surface area contributed by atoms with Gasteiger partial charge in [0.1, 0.15) is 6.10 Å². The third-order valence-electron chi connectivity index (χ3n) is 3.67. The number of rotatable bonds is 4. The van der Waals surface area contributed by atoms with Crippen molar-refractivity contribution in [1.82, 2.24) is 10.3 Å². The molecule has 1 saturated heterocycles. The topological polar surface area (TPSA) is 34.1 Å². The van der Waals surface area contributed by atoms with Gasteiger partial charge in [-0.05, 0) is 24.6 Å². The summed E-state index contributed by atoms with van der Waals surface area (Å²) in [7, 11) is 0. The average Bonchev–Trinajstić information content (AvgIpc) is 3.01. The van der Waals surface area contributed by atoms with E-state index in [0.29, 0.717) is 5.92 Å². The summed E-state index contributed by atoms with van der Waals surface area (Å²) in [5, 5.41) is 3.58. The van der Waals surface area contributed by atoms with E-state index in [9.17, 15) is 4.39 Å². The molecule has 3 nitrogen and oxygen atoms in total. The Balaban J connectivity index is 1.88. The van der Waals surface area contributed by atoms with E-state index in [1.54, 1.807) is 0 Å². The van der Waals surface area contributed by atoms with Crippen LogP contribution in [0.5, 0.6) is 5.88 Å². The van der Waals surface area contributed by atoms with E-state index in [-0.39, 0.29) is 17.0 Å². The number of nitrogens with one attached hydrogen (secondary N) is 1. The van der Waals surface area contributed by atoms with Crippen LogP contribution < -0.4 is 10.1 Å². The number of ether oxygens (including phenoxy) is 1. The number of benzene rings is 1. The molecular formula is C16H16ClFN2O. The molecule has 1 fully saturated rings. The quantitative estimate of drug-likeness (QED) is 0.937. The third kappa shape index (κ3) is 3.34. The number of hydrogen-bond acceptors (Lipinski definition) is 3. The molecule has 0 radical (unpaired) electrons. The Labute approximate surface area is 128 Å². The van der Waals surface area contributed by atoms with Crippen LogP contribution in [-0.4, -0.2) is 18.1 Å². The Morgan fingerprint density at radius 2 is 2.14 bits per heavy atom. The van der Waals surface area contributed by atoms with Crippen LogP contribution in [0.1, 0.15) is 18.1 Å². The lowest BCUT2D eigenvalue weighted by Gasteiger charge is -2.24. The van der Waals surface area contributed by atoms with Crippen LogP contribution in [0.3, 0.4) is 0 Å². The van der Waals surface area contributed by atoms with Crippen molar-refractivity contribution in [2.24, 2.45) is 5.92 Å². The molecule has 0 saturated carbocycles. The molecule has 1 aromatic heterocycles. The van der Waals surface area contributed by atoms with Crippen LogP contribution in [0.4, 0.5) is 4.39 Å². The smallest absolute Gasteiger partial charge is 0.251 e. The highest BCUT2D eigenvalue weighted by Gasteiger charge is 2.29. The lowest BCUT2D eigenvalue weighted by atomic mass is 9.95. The van der Waals surface area contributed by atoms with Gasteiger partial charge in [-0.1, -0.05) is 41.9 Å². The van der Waals surface area contributed by atoms with Crippen LogP contribution in [0, 0.1) is 11.7 Å². The molecule has 21 heavy (non-hydrogen) atoms. The van der Waals surface area contributed by atoms with Crippen molar-refractivity contribution in [3.63, 3.8) is 0 Å². The lowest BCUT2D eigenvalue weighted by Crippen LogP contribution is -2.22. The maximum atomic E-state index is 13.9. The summed E-state index contributed by atoms with van der Waals surface area (Å²) in [6.07, 6.45) is 2.17. The van der Waals surface area contributed by atoms with E-state index in [1.807, 2.05) is 30.3 Å². The van der Waals surface area contributed by atoms with Crippen molar-refractivity contribution >= 4 is 11.6 Å². The van der Waals surface area contributed by atoms with Gasteiger partial charge in [0.15, 0.2) is 5.82 Å². The van der Waals surface area contributed by atoms with E-state index in [0.717, 1.165) is 25.1 Å². The first kappa shape index (κ1) is 14.3. The lowest BCUT2D eigenvalue weighted by molar-refractivity contribution is 0.131. The van der Waals surface area contributed by atoms with Gasteiger partial charge in [-0.3, -0.25) is 0 Å². The molecule has 1 unspecified atom stereocenters. The predicted molar refractivity (Wildman–Crippen MR) is 80.0 cm³/mol. The second-order valence-corrected chi connectivity index (χ2v) is 5.58. The minimum Gasteiger partial charge on any atom is -0.467 e. The van der Waals surface area contributed by atoms with E-state index in [4.69, 9.17) is 16.3 Å². The van der Waals surface area contributed by atoms with E-state index in [1.165, 1.54) is 12.3 Å². The molecule has 5 heteroatoms. The summed E-state index contributed by atoms with van der Waals surface area (Å²) in [5.41, 5.74) is 1.03. The second kappa shape index (κ2) is 6.41. The average molecular weight is 307 g/mol. The van der Waals surface area contributed by atoms with E-state index < -0.39 is 5.82 Å². The van der Waals surface area contributed by atoms with Crippen molar-refractivity contribution < 1.29 is 9.13 Å². The summed E-state index contributed by atoms with van der Waals surface area (Å²) in [6.45, 7) is 1.81. The number of pyridine rings is 1. The molecular weight excluding hydrogens is 291 g/mol. The minimum atomic E-state index is -0.533. The first-order valence-electron chi connectivity index (χ1n) is 6.97. The highest BCUT2D eigenvalue weighted by molar-refractivity contribution is 6.30. The molecule has 2 aromatic rings. The molecule has 1 aliphatic heterocycles. The van der Waals surface area contributed by atoms with Crippen molar-refractivity contribution in [2.45, 2.75) is 12.5 Å². The van der Waals surface area contributed by atoms with Crippen molar-refractivity contribution in [3.8, 4) is 5.88 Å². The Hall–Kier alpha value is -1.65. The SMILES string of the molecule is Fc1cc(Cl)cnc1O[C@H](c1ccccc1)C1CCNC1. The second-order valence-electron chi connectivity index (χ2n) is 5.14. The van der Waals surface area contributed by atoms with Crippen molar-refractivity contribution in [2.75, 3.05) is 13.1 Å². The maximum absolute atomic E-state index is 13.9. The van der Waals surface area contributed by atoms with Gasteiger partial charge in [-0.2, -0.15) is 0 Å². The Morgan fingerprint density at radius 3 is 2.81 bits per heavy atom. The zero-order chi connectivity index (χ0) is 14.7. The Bertz CT molecular complexity index is 602. The van der Waals surface area contributed by atoms with Gasteiger partial charge in [0.05, 0.1) is 5.02 Å². The normalized spacial score (nSPS) is 19.4. The summed E-state index contributed by atoms with van der Waals surface area (Å²) in [5.74, 6) is -0.237. The zero-order valence-corrected chi connectivity index (χ0v) is 12.2. The highest BCUT2D eigenvalue weighted by Crippen LogP contribution is 2.32. The molecule has 0 spiro atoms. The molecule has 1 aromatic carbocycles. The van der Waals surface area contributed by atoms with Gasteiger partial charge in [0, 0.05) is 18.7 Å². The van der Waals surface area contributed by atoms with Gasteiger partial charge >= 0.3 is 0 Å². The molecule has 2 atom stereocenters. The van der Waals surface area contributed by atoms with Gasteiger partial charge in [0.2, 0.25) is 0 Å². The first-order valence-corrected chi connectivity index (χ1v) is 7.35. The number of hydrogen-bond donors (Lipinski definition) is 1. The van der Waals surface area contributed by atoms with Gasteiger partial charge in [-0.15, -0.1) is 0 Å². The van der Waals surface area contributed by atoms with Gasteiger partial charge in [-0.25, -0.2) is 9.37 Å². The molecule has 2 heterocycles. The number of halogens is 2. The molecule has 110 valence electrons. The standard InChI is InChI=1S/C16H16ClFN2O/c17-13-8-14(18)16(20-10-13)21-15(12-6-7-19-9-12)11-4-2-1-3-5-11/h1-5,8,10,12,15,19H,6-7,9H2/t12?,15-/m1/s1. The van der Waals surface area contributed by atoms with E-state index in [2.05, 4.69) is 10.3 Å². The molecule has 0 bridgehead atoms. The minimum absolute atomic E-state index is 0.000142. The van der Waals surface area contributed by atoms with Crippen LogP contribution in [-0.2, 0) is 0 Å². The molecule has 3 rings (SSSR count). The summed E-state index contributed by atoms with van der Waals surface area (Å²) >= 11 is 5.73. The fourth-order valence-electron chi connectivity index (χ4n) is 2.62. The largest absolute Gasteiger partial charge is 0.467 e. The summed E-state index contributed by atoms with van der Waals surface area (Å²) in [4.78, 5) is 3.96. The molecule has 1 N–H and O–H groups in total. The van der Waals surface area contributed by atoms with Crippen molar-refractivity contribution in [3.05, 3.63) is 59.0 Å². The van der Waals surface area contributed by atoms with E-state index >= 15 is 0 Å². The molecule has 1 aliphatic rings. The summed E-state index contributed by atoms with van der Waals surface area (Å²) < 4.78 is 19.8. The Morgan fingerprint density at radius 1 is 1.33 bits per heavy atom. The monoisotopic (exact) mass is 306 g/mol. The fraction of sp³-hybridized carbons (Fsp3) is 0.312. The van der Waals surface area contributed by atoms with Crippen LogP contribution >= 0.6 is 11.6 Å². The number of nitrogens with zero attached hydrogens (tertiary/aromatic N) is 1. The fourth-order valence-corrected chi connectivity index (χ4v) is 2.77. The molecule has 0 aliphatic carbocycles. The first-order chi connectivity index (χ1) is 10.2. The zero-order valence-electron chi connectivity index (χ0n) is 11.4. The van der Waals surface area contributed by atoms with Crippen LogP contribution in [0.15, 0.2) is 42.6 Å². The molecule has 0 amide bonds. The summed E-state index contributed by atoms with van der Waals surface area (Å²) in [6, 6.07) is 11.1. The Kier molecular flexibility index (Phi) is 4.36. The van der Waals surface area contributed by atoms with Crippen LogP contribution in [0.25, 0.3) is 0 Å². The predicted octanol–water partition coefficient (Wildman–Crippen LogP) is 3.60. The van der Waals surface area contributed by atoms with Crippen molar-refractivity contribution in [1.29, 1.82) is 0 Å².